The van der Waals surface area contributed by atoms with Crippen LogP contribution in [0.25, 0.3) is 0 Å². The van der Waals surface area contributed by atoms with Crippen LogP contribution < -0.4 is 10.5 Å². The predicted molar refractivity (Wildman–Crippen MR) is 95.7 cm³/mol. The number of sulfonamides is 1. The topological polar surface area (TPSA) is 110 Å². The van der Waals surface area contributed by atoms with E-state index in [0.717, 1.165) is 0 Å². The second-order valence-electron chi connectivity index (χ2n) is 5.55. The summed E-state index contributed by atoms with van der Waals surface area (Å²) in [6, 6.07) is 9.10. The quantitative estimate of drug-likeness (QED) is 0.787. The van der Waals surface area contributed by atoms with Crippen molar-refractivity contribution in [1.82, 2.24) is 10.2 Å². The van der Waals surface area contributed by atoms with Gasteiger partial charge in [-0.1, -0.05) is 18.2 Å². The minimum atomic E-state index is -3.81. The van der Waals surface area contributed by atoms with Gasteiger partial charge in [0, 0.05) is 7.05 Å². The van der Waals surface area contributed by atoms with E-state index in [9.17, 15) is 18.0 Å². The van der Waals surface area contributed by atoms with Gasteiger partial charge >= 0.3 is 0 Å². The zero-order valence-electron chi connectivity index (χ0n) is 13.8. The van der Waals surface area contributed by atoms with Crippen molar-refractivity contribution in [3.63, 3.8) is 0 Å². The number of nitrogens with zero attached hydrogens (tertiary/aromatic N) is 1. The number of nitrogens with one attached hydrogen (secondary N) is 1. The third kappa shape index (κ3) is 5.12. The van der Waals surface area contributed by atoms with E-state index >= 15 is 0 Å². The fraction of sp³-hybridized carbons (Fsp3) is 0.250. The maximum Gasteiger partial charge on any atom is 0.264 e. The summed E-state index contributed by atoms with van der Waals surface area (Å²) in [4.78, 5) is 26.1. The number of likely N-dealkylation sites (N-methyl/N-ethyl adjacent to an activating group) is 1. The second-order valence-corrected chi connectivity index (χ2v) is 8.05. The molecule has 0 aliphatic carbocycles. The summed E-state index contributed by atoms with van der Waals surface area (Å²) in [6.07, 6.45) is 0. The molecule has 0 saturated heterocycles. The number of hydrogen-bond acceptors (Lipinski definition) is 5. The molecule has 2 amide bonds. The minimum absolute atomic E-state index is 0.0175. The average molecular weight is 381 g/mol. The van der Waals surface area contributed by atoms with Gasteiger partial charge in [0.25, 0.3) is 5.91 Å². The highest BCUT2D eigenvalue weighted by atomic mass is 32.2. The third-order valence-electron chi connectivity index (χ3n) is 3.52. The number of hydrogen-bond donors (Lipinski definition) is 2. The SMILES string of the molecule is CC(NC(=O)CN(C)C(=O)c1cccs1)c1cccc(S(N)(=O)=O)c1. The van der Waals surface area contributed by atoms with E-state index in [1.54, 1.807) is 43.6 Å². The normalized spacial score (nSPS) is 12.4. The van der Waals surface area contributed by atoms with Gasteiger partial charge in [-0.25, -0.2) is 13.6 Å². The van der Waals surface area contributed by atoms with Gasteiger partial charge in [0.1, 0.15) is 0 Å². The lowest BCUT2D eigenvalue weighted by atomic mass is 10.1. The van der Waals surface area contributed by atoms with Crippen LogP contribution in [-0.2, 0) is 14.8 Å². The van der Waals surface area contributed by atoms with Crippen molar-refractivity contribution in [3.8, 4) is 0 Å². The molecule has 0 bridgehead atoms. The van der Waals surface area contributed by atoms with Crippen LogP contribution in [0.4, 0.5) is 0 Å². The third-order valence-corrected chi connectivity index (χ3v) is 5.29. The molecule has 2 aromatic rings. The maximum atomic E-state index is 12.1. The number of amides is 2. The Morgan fingerprint density at radius 2 is 2.00 bits per heavy atom. The molecule has 134 valence electrons. The van der Waals surface area contributed by atoms with Gasteiger partial charge in [-0.3, -0.25) is 9.59 Å². The van der Waals surface area contributed by atoms with Crippen LogP contribution in [0.1, 0.15) is 28.2 Å². The van der Waals surface area contributed by atoms with E-state index in [4.69, 9.17) is 5.14 Å². The van der Waals surface area contributed by atoms with Crippen LogP contribution in [0.2, 0.25) is 0 Å². The number of primary sulfonamides is 1. The maximum absolute atomic E-state index is 12.1. The highest BCUT2D eigenvalue weighted by molar-refractivity contribution is 7.89. The zero-order chi connectivity index (χ0) is 18.6. The monoisotopic (exact) mass is 381 g/mol. The molecule has 1 aromatic heterocycles. The van der Waals surface area contributed by atoms with E-state index in [1.165, 1.54) is 28.4 Å². The summed E-state index contributed by atoms with van der Waals surface area (Å²) in [5, 5.41) is 9.65. The molecule has 0 spiro atoms. The summed E-state index contributed by atoms with van der Waals surface area (Å²) in [6.45, 7) is 1.62. The first-order chi connectivity index (χ1) is 11.7. The van der Waals surface area contributed by atoms with E-state index in [0.29, 0.717) is 10.4 Å². The molecule has 1 unspecified atom stereocenters. The van der Waals surface area contributed by atoms with Crippen molar-refractivity contribution in [2.24, 2.45) is 5.14 Å². The lowest BCUT2D eigenvalue weighted by molar-refractivity contribution is -0.122. The van der Waals surface area contributed by atoms with Crippen LogP contribution in [0.3, 0.4) is 0 Å². The summed E-state index contributed by atoms with van der Waals surface area (Å²) in [7, 11) is -2.26. The Labute approximate surface area is 150 Å². The lowest BCUT2D eigenvalue weighted by Crippen LogP contribution is -2.39. The number of nitrogens with two attached hydrogens (primary N) is 1. The molecule has 25 heavy (non-hydrogen) atoms. The Morgan fingerprint density at radius 3 is 2.60 bits per heavy atom. The Kier molecular flexibility index (Phi) is 5.93. The van der Waals surface area contributed by atoms with E-state index in [-0.39, 0.29) is 23.3 Å². The molecule has 0 aliphatic heterocycles. The molecule has 0 radical (unpaired) electrons. The fourth-order valence-corrected chi connectivity index (χ4v) is 3.49. The van der Waals surface area contributed by atoms with Crippen LogP contribution in [0.15, 0.2) is 46.7 Å². The molecule has 3 N–H and O–H groups in total. The van der Waals surface area contributed by atoms with Crippen LogP contribution in [-0.4, -0.2) is 38.7 Å². The van der Waals surface area contributed by atoms with Crippen molar-refractivity contribution in [1.29, 1.82) is 0 Å². The van der Waals surface area contributed by atoms with Crippen molar-refractivity contribution in [3.05, 3.63) is 52.2 Å². The Morgan fingerprint density at radius 1 is 1.28 bits per heavy atom. The molecular formula is C16H19N3O4S2. The standard InChI is InChI=1S/C16H19N3O4S2/c1-11(12-5-3-6-13(9-12)25(17,22)23)18-15(20)10-19(2)16(21)14-7-4-8-24-14/h3-9,11H,10H2,1-2H3,(H,18,20)(H2,17,22,23). The second kappa shape index (κ2) is 7.77. The molecule has 0 saturated carbocycles. The van der Waals surface area contributed by atoms with Gasteiger partial charge in [-0.2, -0.15) is 0 Å². The van der Waals surface area contributed by atoms with Gasteiger partial charge in [0.15, 0.2) is 0 Å². The average Bonchev–Trinajstić information content (AvgIpc) is 3.07. The number of benzene rings is 1. The van der Waals surface area contributed by atoms with E-state index < -0.39 is 16.1 Å². The fourth-order valence-electron chi connectivity index (χ4n) is 2.21. The first kappa shape index (κ1) is 19.1. The highest BCUT2D eigenvalue weighted by Gasteiger charge is 2.18. The van der Waals surface area contributed by atoms with Gasteiger partial charge < -0.3 is 10.2 Å². The van der Waals surface area contributed by atoms with Crippen molar-refractivity contribution < 1.29 is 18.0 Å². The molecule has 1 heterocycles. The Balaban J connectivity index is 1.99. The van der Waals surface area contributed by atoms with Gasteiger partial charge in [0.05, 0.1) is 22.4 Å². The number of rotatable bonds is 6. The number of carbonyl (C=O) groups excluding carboxylic acids is 2. The van der Waals surface area contributed by atoms with Crippen molar-refractivity contribution >= 4 is 33.2 Å². The van der Waals surface area contributed by atoms with E-state index in [2.05, 4.69) is 5.32 Å². The molecular weight excluding hydrogens is 362 g/mol. The van der Waals surface area contributed by atoms with Crippen molar-refractivity contribution in [2.45, 2.75) is 17.9 Å². The molecule has 0 fully saturated rings. The molecule has 0 aliphatic rings. The van der Waals surface area contributed by atoms with Crippen LogP contribution in [0, 0.1) is 0 Å². The lowest BCUT2D eigenvalue weighted by Gasteiger charge is -2.19. The highest BCUT2D eigenvalue weighted by Crippen LogP contribution is 2.17. The summed E-state index contributed by atoms with van der Waals surface area (Å²) in [5.41, 5.74) is 0.604. The van der Waals surface area contributed by atoms with Gasteiger partial charge in [0.2, 0.25) is 15.9 Å². The van der Waals surface area contributed by atoms with Gasteiger partial charge in [-0.15, -0.1) is 11.3 Å². The van der Waals surface area contributed by atoms with Crippen molar-refractivity contribution in [2.75, 3.05) is 13.6 Å². The molecule has 7 nitrogen and oxygen atoms in total. The Bertz CT molecular complexity index is 863. The minimum Gasteiger partial charge on any atom is -0.348 e. The molecule has 1 aromatic carbocycles. The molecule has 1 atom stereocenters. The molecule has 2 rings (SSSR count). The predicted octanol–water partition coefficient (Wildman–Crippen LogP) is 1.34. The van der Waals surface area contributed by atoms with Gasteiger partial charge in [-0.05, 0) is 36.1 Å². The number of thiophene rings is 1. The van der Waals surface area contributed by atoms with Crippen LogP contribution in [0.5, 0.6) is 0 Å². The number of carbonyl (C=O) groups is 2. The summed E-state index contributed by atoms with van der Waals surface area (Å²) >= 11 is 1.31. The summed E-state index contributed by atoms with van der Waals surface area (Å²) in [5.74, 6) is -0.574. The first-order valence-electron chi connectivity index (χ1n) is 7.39. The zero-order valence-corrected chi connectivity index (χ0v) is 15.4. The largest absolute Gasteiger partial charge is 0.348 e. The van der Waals surface area contributed by atoms with E-state index in [1.807, 2.05) is 0 Å². The first-order valence-corrected chi connectivity index (χ1v) is 9.82. The Hall–Kier alpha value is -2.23. The molecule has 9 heteroatoms. The van der Waals surface area contributed by atoms with Crippen LogP contribution >= 0.6 is 11.3 Å². The smallest absolute Gasteiger partial charge is 0.264 e. The summed E-state index contributed by atoms with van der Waals surface area (Å²) < 4.78 is 22.8.